The Hall–Kier alpha value is -2.63. The van der Waals surface area contributed by atoms with Crippen LogP contribution in [0.3, 0.4) is 0 Å². The van der Waals surface area contributed by atoms with Gasteiger partial charge in [0, 0.05) is 23.7 Å². The number of carboxylic acids is 1. The Morgan fingerprint density at radius 1 is 1.19 bits per heavy atom. The van der Waals surface area contributed by atoms with Crippen molar-refractivity contribution in [2.75, 3.05) is 0 Å². The third-order valence-electron chi connectivity index (χ3n) is 5.28. The normalized spacial score (nSPS) is 19.9. The zero-order valence-corrected chi connectivity index (χ0v) is 15.2. The highest BCUT2D eigenvalue weighted by molar-refractivity contribution is 5.80. The van der Waals surface area contributed by atoms with E-state index in [-0.39, 0.29) is 11.8 Å². The summed E-state index contributed by atoms with van der Waals surface area (Å²) in [5, 5.41) is 16.8. The van der Waals surface area contributed by atoms with Gasteiger partial charge in [0.05, 0.1) is 17.3 Å². The average Bonchev–Trinajstić information content (AvgIpc) is 2.94. The van der Waals surface area contributed by atoms with Gasteiger partial charge in [0.15, 0.2) is 0 Å². The number of carbonyl (C=O) groups excluding carboxylic acids is 1. The van der Waals surface area contributed by atoms with Gasteiger partial charge < -0.3 is 10.4 Å². The van der Waals surface area contributed by atoms with E-state index in [4.69, 9.17) is 0 Å². The van der Waals surface area contributed by atoms with E-state index < -0.39 is 11.9 Å². The summed E-state index contributed by atoms with van der Waals surface area (Å²) in [7, 11) is 0. The molecule has 2 unspecified atom stereocenters. The Labute approximate surface area is 153 Å². The summed E-state index contributed by atoms with van der Waals surface area (Å²) in [5.74, 6) is -1.46. The van der Waals surface area contributed by atoms with Crippen LogP contribution in [0.25, 0.3) is 5.69 Å². The summed E-state index contributed by atoms with van der Waals surface area (Å²) >= 11 is 0. The summed E-state index contributed by atoms with van der Waals surface area (Å²) in [5.41, 5.74) is 3.88. The highest BCUT2D eigenvalue weighted by atomic mass is 16.4. The molecule has 1 aromatic carbocycles. The van der Waals surface area contributed by atoms with E-state index in [1.807, 2.05) is 48.9 Å². The van der Waals surface area contributed by atoms with Gasteiger partial charge in [-0.15, -0.1) is 0 Å². The van der Waals surface area contributed by atoms with Gasteiger partial charge in [-0.3, -0.25) is 9.59 Å². The van der Waals surface area contributed by atoms with E-state index in [2.05, 4.69) is 10.4 Å². The van der Waals surface area contributed by atoms with Crippen molar-refractivity contribution in [2.45, 2.75) is 46.1 Å². The number of hydrogen-bond acceptors (Lipinski definition) is 3. The van der Waals surface area contributed by atoms with E-state index in [9.17, 15) is 14.7 Å². The molecule has 0 bridgehead atoms. The zero-order chi connectivity index (χ0) is 18.7. The molecule has 1 amide bonds. The van der Waals surface area contributed by atoms with Gasteiger partial charge in [-0.05, 0) is 45.2 Å². The van der Waals surface area contributed by atoms with Gasteiger partial charge in [-0.2, -0.15) is 5.10 Å². The van der Waals surface area contributed by atoms with E-state index in [1.165, 1.54) is 0 Å². The lowest BCUT2D eigenvalue weighted by Crippen LogP contribution is -2.35. The van der Waals surface area contributed by atoms with Gasteiger partial charge >= 0.3 is 5.97 Å². The summed E-state index contributed by atoms with van der Waals surface area (Å²) < 4.78 is 1.89. The molecule has 6 heteroatoms. The topological polar surface area (TPSA) is 84.2 Å². The summed E-state index contributed by atoms with van der Waals surface area (Å²) in [4.78, 5) is 23.7. The Morgan fingerprint density at radius 2 is 1.88 bits per heavy atom. The molecule has 1 aromatic heterocycles. The van der Waals surface area contributed by atoms with Crippen molar-refractivity contribution in [3.63, 3.8) is 0 Å². The van der Waals surface area contributed by atoms with Crippen LogP contribution in [0.2, 0.25) is 0 Å². The molecule has 1 heterocycles. The molecule has 0 spiro atoms. The zero-order valence-electron chi connectivity index (χ0n) is 15.2. The molecule has 1 fully saturated rings. The standard InChI is InChI=1S/C20H25N3O3/c1-13-18(14(2)23(22-13)17-9-4-3-5-10-17)12-21-19(24)15-7-6-8-16(11-15)20(25)26/h3-5,9-10,15-16H,6-8,11-12H2,1-2H3,(H,21,24)(H,25,26). The van der Waals surface area contributed by atoms with Crippen molar-refractivity contribution in [3.8, 4) is 5.69 Å². The van der Waals surface area contributed by atoms with Crippen LogP contribution in [0.15, 0.2) is 30.3 Å². The van der Waals surface area contributed by atoms with Crippen LogP contribution < -0.4 is 5.32 Å². The lowest BCUT2D eigenvalue weighted by atomic mass is 9.81. The number of hydrogen-bond donors (Lipinski definition) is 2. The number of aromatic nitrogens is 2. The lowest BCUT2D eigenvalue weighted by molar-refractivity contribution is -0.144. The first kappa shape index (κ1) is 18.2. The number of para-hydroxylation sites is 1. The molecule has 1 aliphatic carbocycles. The monoisotopic (exact) mass is 355 g/mol. The number of nitrogens with one attached hydrogen (secondary N) is 1. The van der Waals surface area contributed by atoms with Crippen molar-refractivity contribution < 1.29 is 14.7 Å². The average molecular weight is 355 g/mol. The molecule has 26 heavy (non-hydrogen) atoms. The Balaban J connectivity index is 1.67. The number of nitrogens with zero attached hydrogens (tertiary/aromatic N) is 2. The van der Waals surface area contributed by atoms with Gasteiger partial charge in [-0.25, -0.2) is 4.68 Å². The van der Waals surface area contributed by atoms with Gasteiger partial charge in [0.2, 0.25) is 5.91 Å². The van der Waals surface area contributed by atoms with Crippen LogP contribution in [-0.2, 0) is 16.1 Å². The highest BCUT2D eigenvalue weighted by Crippen LogP contribution is 2.29. The maximum absolute atomic E-state index is 12.5. The largest absolute Gasteiger partial charge is 0.481 e. The number of carbonyl (C=O) groups is 2. The van der Waals surface area contributed by atoms with Crippen molar-refractivity contribution in [3.05, 3.63) is 47.3 Å². The van der Waals surface area contributed by atoms with Gasteiger partial charge in [0.1, 0.15) is 0 Å². The van der Waals surface area contributed by atoms with E-state index in [0.29, 0.717) is 19.4 Å². The maximum atomic E-state index is 12.5. The van der Waals surface area contributed by atoms with Crippen LogP contribution in [0.5, 0.6) is 0 Å². The molecule has 2 atom stereocenters. The third-order valence-corrected chi connectivity index (χ3v) is 5.28. The maximum Gasteiger partial charge on any atom is 0.306 e. The molecule has 6 nitrogen and oxygen atoms in total. The van der Waals surface area contributed by atoms with Crippen molar-refractivity contribution >= 4 is 11.9 Å². The number of aliphatic carboxylic acids is 1. The molecule has 1 saturated carbocycles. The Bertz CT molecular complexity index is 798. The van der Waals surface area contributed by atoms with E-state index in [0.717, 1.165) is 35.5 Å². The van der Waals surface area contributed by atoms with E-state index >= 15 is 0 Å². The molecule has 0 radical (unpaired) electrons. The smallest absolute Gasteiger partial charge is 0.306 e. The summed E-state index contributed by atoms with van der Waals surface area (Å²) in [6.45, 7) is 4.35. The molecule has 0 aliphatic heterocycles. The van der Waals surface area contributed by atoms with Crippen LogP contribution >= 0.6 is 0 Å². The summed E-state index contributed by atoms with van der Waals surface area (Å²) in [6, 6.07) is 9.89. The minimum atomic E-state index is -0.793. The summed E-state index contributed by atoms with van der Waals surface area (Å²) in [6.07, 6.45) is 2.65. The van der Waals surface area contributed by atoms with Gasteiger partial charge in [0.25, 0.3) is 0 Å². The second-order valence-corrected chi connectivity index (χ2v) is 7.01. The minimum absolute atomic E-state index is 0.0535. The molecule has 2 N–H and O–H groups in total. The quantitative estimate of drug-likeness (QED) is 0.863. The predicted octanol–water partition coefficient (Wildman–Crippen LogP) is 3.00. The Morgan fingerprint density at radius 3 is 2.58 bits per heavy atom. The SMILES string of the molecule is Cc1nn(-c2ccccc2)c(C)c1CNC(=O)C1CCCC(C(=O)O)C1. The second kappa shape index (κ2) is 7.72. The number of aryl methyl sites for hydroxylation is 1. The first-order valence-corrected chi connectivity index (χ1v) is 9.08. The van der Waals surface area contributed by atoms with Crippen LogP contribution in [-0.4, -0.2) is 26.8 Å². The fraction of sp³-hybridized carbons (Fsp3) is 0.450. The van der Waals surface area contributed by atoms with Crippen LogP contribution in [0.1, 0.15) is 42.6 Å². The number of benzene rings is 1. The van der Waals surface area contributed by atoms with Crippen molar-refractivity contribution in [2.24, 2.45) is 11.8 Å². The number of rotatable bonds is 5. The van der Waals surface area contributed by atoms with E-state index in [1.54, 1.807) is 0 Å². The fourth-order valence-corrected chi connectivity index (χ4v) is 3.72. The molecule has 2 aromatic rings. The molecule has 3 rings (SSSR count). The number of amides is 1. The first-order valence-electron chi connectivity index (χ1n) is 9.08. The second-order valence-electron chi connectivity index (χ2n) is 7.01. The molecule has 1 aliphatic rings. The van der Waals surface area contributed by atoms with Crippen molar-refractivity contribution in [1.29, 1.82) is 0 Å². The predicted molar refractivity (Wildman–Crippen MR) is 98.0 cm³/mol. The molecule has 138 valence electrons. The Kier molecular flexibility index (Phi) is 5.40. The molecular formula is C20H25N3O3. The molecular weight excluding hydrogens is 330 g/mol. The van der Waals surface area contributed by atoms with Crippen LogP contribution in [0.4, 0.5) is 0 Å². The highest BCUT2D eigenvalue weighted by Gasteiger charge is 2.31. The number of carboxylic acid groups (broad SMARTS) is 1. The van der Waals surface area contributed by atoms with Gasteiger partial charge in [-0.1, -0.05) is 24.6 Å². The van der Waals surface area contributed by atoms with Crippen molar-refractivity contribution in [1.82, 2.24) is 15.1 Å². The first-order chi connectivity index (χ1) is 12.5. The third kappa shape index (κ3) is 3.79. The van der Waals surface area contributed by atoms with Crippen LogP contribution in [0, 0.1) is 25.7 Å². The minimum Gasteiger partial charge on any atom is -0.481 e. The molecule has 0 saturated heterocycles. The fourth-order valence-electron chi connectivity index (χ4n) is 3.72. The lowest BCUT2D eigenvalue weighted by Gasteiger charge is -2.25.